The van der Waals surface area contributed by atoms with Crippen LogP contribution in [0.2, 0.25) is 0 Å². The van der Waals surface area contributed by atoms with Crippen molar-refractivity contribution in [2.24, 2.45) is 5.73 Å². The summed E-state index contributed by atoms with van der Waals surface area (Å²) in [5.41, 5.74) is 7.60. The van der Waals surface area contributed by atoms with Crippen molar-refractivity contribution in [1.82, 2.24) is 9.97 Å². The van der Waals surface area contributed by atoms with Crippen molar-refractivity contribution in [3.8, 4) is 0 Å². The van der Waals surface area contributed by atoms with Crippen LogP contribution in [0.15, 0.2) is 29.8 Å². The second-order valence-electron chi connectivity index (χ2n) is 3.82. The molecule has 0 amide bonds. The molecule has 0 bridgehead atoms. The lowest BCUT2D eigenvalue weighted by Crippen LogP contribution is -2.20. The van der Waals surface area contributed by atoms with E-state index >= 15 is 0 Å². The van der Waals surface area contributed by atoms with Gasteiger partial charge in [0.25, 0.3) is 0 Å². The van der Waals surface area contributed by atoms with Crippen molar-refractivity contribution >= 4 is 16.5 Å². The molecule has 0 radical (unpaired) electrons. The third-order valence-corrected chi connectivity index (χ3v) is 3.51. The highest BCUT2D eigenvalue weighted by atomic mass is 32.1. The van der Waals surface area contributed by atoms with E-state index in [2.05, 4.69) is 14.9 Å². The van der Waals surface area contributed by atoms with Crippen LogP contribution in [0.4, 0.5) is 5.13 Å². The van der Waals surface area contributed by atoms with Gasteiger partial charge in [-0.1, -0.05) is 6.07 Å². The SMILES string of the molecule is CN(CCc1ccccn1)c1nc(CN)cs1. The van der Waals surface area contributed by atoms with Gasteiger partial charge in [0.1, 0.15) is 0 Å². The number of rotatable bonds is 5. The standard InChI is InChI=1S/C12H16N4S/c1-16(12-15-11(8-13)9-17-12)7-5-10-4-2-3-6-14-10/h2-4,6,9H,5,7-8,13H2,1H3. The fourth-order valence-corrected chi connectivity index (χ4v) is 2.32. The monoisotopic (exact) mass is 248 g/mol. The van der Waals surface area contributed by atoms with Crippen molar-refractivity contribution < 1.29 is 0 Å². The Morgan fingerprint density at radius 2 is 2.24 bits per heavy atom. The van der Waals surface area contributed by atoms with Gasteiger partial charge in [0.15, 0.2) is 5.13 Å². The Morgan fingerprint density at radius 1 is 1.35 bits per heavy atom. The van der Waals surface area contributed by atoms with Gasteiger partial charge in [-0.2, -0.15) is 0 Å². The van der Waals surface area contributed by atoms with E-state index in [-0.39, 0.29) is 0 Å². The first-order valence-corrected chi connectivity index (χ1v) is 6.43. The Balaban J connectivity index is 1.91. The maximum absolute atomic E-state index is 5.54. The van der Waals surface area contributed by atoms with E-state index in [9.17, 15) is 0 Å². The molecule has 4 nitrogen and oxygen atoms in total. The summed E-state index contributed by atoms with van der Waals surface area (Å²) in [7, 11) is 2.04. The largest absolute Gasteiger partial charge is 0.351 e. The summed E-state index contributed by atoms with van der Waals surface area (Å²) in [6.45, 7) is 1.42. The molecule has 0 saturated heterocycles. The Labute approximate surface area is 105 Å². The first kappa shape index (κ1) is 12.0. The van der Waals surface area contributed by atoms with Crippen LogP contribution in [0, 0.1) is 0 Å². The zero-order valence-electron chi connectivity index (χ0n) is 9.84. The number of likely N-dealkylation sites (N-methyl/N-ethyl adjacent to an activating group) is 1. The molecule has 0 spiro atoms. The molecular weight excluding hydrogens is 232 g/mol. The van der Waals surface area contributed by atoms with Gasteiger partial charge in [-0.25, -0.2) is 4.98 Å². The number of hydrogen-bond acceptors (Lipinski definition) is 5. The van der Waals surface area contributed by atoms with Gasteiger partial charge in [-0.05, 0) is 12.1 Å². The first-order chi connectivity index (χ1) is 8.29. The van der Waals surface area contributed by atoms with Crippen LogP contribution in [0.25, 0.3) is 0 Å². The van der Waals surface area contributed by atoms with Gasteiger partial charge in [0, 0.05) is 43.8 Å². The molecule has 0 saturated carbocycles. The highest BCUT2D eigenvalue weighted by Crippen LogP contribution is 2.18. The molecule has 90 valence electrons. The van der Waals surface area contributed by atoms with E-state index in [0.29, 0.717) is 6.54 Å². The third kappa shape index (κ3) is 3.25. The molecule has 2 aromatic rings. The van der Waals surface area contributed by atoms with Crippen LogP contribution < -0.4 is 10.6 Å². The lowest BCUT2D eigenvalue weighted by Gasteiger charge is -2.14. The summed E-state index contributed by atoms with van der Waals surface area (Å²) in [6.07, 6.45) is 2.75. The van der Waals surface area contributed by atoms with Crippen molar-refractivity contribution in [3.63, 3.8) is 0 Å². The third-order valence-electron chi connectivity index (χ3n) is 2.50. The van der Waals surface area contributed by atoms with E-state index in [4.69, 9.17) is 5.73 Å². The van der Waals surface area contributed by atoms with E-state index in [0.717, 1.165) is 29.5 Å². The number of anilines is 1. The van der Waals surface area contributed by atoms with Crippen molar-refractivity contribution in [1.29, 1.82) is 0 Å². The minimum Gasteiger partial charge on any atom is -0.351 e. The predicted molar refractivity (Wildman–Crippen MR) is 71.2 cm³/mol. The van der Waals surface area contributed by atoms with E-state index in [1.54, 1.807) is 11.3 Å². The normalized spacial score (nSPS) is 10.5. The van der Waals surface area contributed by atoms with Crippen LogP contribution in [0.1, 0.15) is 11.4 Å². The van der Waals surface area contributed by atoms with Gasteiger partial charge in [-0.15, -0.1) is 11.3 Å². The molecule has 0 aliphatic rings. The lowest BCUT2D eigenvalue weighted by atomic mass is 10.2. The van der Waals surface area contributed by atoms with Gasteiger partial charge >= 0.3 is 0 Å². The van der Waals surface area contributed by atoms with E-state index in [1.807, 2.05) is 36.8 Å². The predicted octanol–water partition coefficient (Wildman–Crippen LogP) is 1.68. The van der Waals surface area contributed by atoms with Crippen molar-refractivity contribution in [2.45, 2.75) is 13.0 Å². The summed E-state index contributed by atoms with van der Waals surface area (Å²) in [4.78, 5) is 10.9. The zero-order valence-corrected chi connectivity index (χ0v) is 10.7. The fourth-order valence-electron chi connectivity index (χ4n) is 1.49. The molecule has 0 aromatic carbocycles. The average molecular weight is 248 g/mol. The van der Waals surface area contributed by atoms with Crippen LogP contribution in [0.3, 0.4) is 0 Å². The molecule has 2 aromatic heterocycles. The molecule has 0 unspecified atom stereocenters. The van der Waals surface area contributed by atoms with Gasteiger partial charge in [0.05, 0.1) is 5.69 Å². The fraction of sp³-hybridized carbons (Fsp3) is 0.333. The molecule has 0 aliphatic heterocycles. The smallest absolute Gasteiger partial charge is 0.185 e. The van der Waals surface area contributed by atoms with Gasteiger partial charge in [0.2, 0.25) is 0 Å². The van der Waals surface area contributed by atoms with Crippen LogP contribution in [-0.4, -0.2) is 23.6 Å². The van der Waals surface area contributed by atoms with E-state index < -0.39 is 0 Å². The molecule has 2 heterocycles. The molecule has 2 rings (SSSR count). The molecule has 2 N–H and O–H groups in total. The Hall–Kier alpha value is -1.46. The summed E-state index contributed by atoms with van der Waals surface area (Å²) >= 11 is 1.63. The maximum Gasteiger partial charge on any atom is 0.185 e. The second kappa shape index (κ2) is 5.75. The Morgan fingerprint density at radius 3 is 2.88 bits per heavy atom. The topological polar surface area (TPSA) is 55.0 Å². The van der Waals surface area contributed by atoms with Crippen molar-refractivity contribution in [3.05, 3.63) is 41.2 Å². The summed E-state index contributed by atoms with van der Waals surface area (Å²) < 4.78 is 0. The summed E-state index contributed by atoms with van der Waals surface area (Å²) in [5, 5.41) is 3.02. The number of nitrogens with two attached hydrogens (primary N) is 1. The molecule has 0 aliphatic carbocycles. The molecule has 0 fully saturated rings. The van der Waals surface area contributed by atoms with Crippen LogP contribution in [-0.2, 0) is 13.0 Å². The van der Waals surface area contributed by atoms with Crippen LogP contribution in [0.5, 0.6) is 0 Å². The zero-order chi connectivity index (χ0) is 12.1. The number of hydrogen-bond donors (Lipinski definition) is 1. The van der Waals surface area contributed by atoms with Crippen molar-refractivity contribution in [2.75, 3.05) is 18.5 Å². The summed E-state index contributed by atoms with van der Waals surface area (Å²) in [5.74, 6) is 0. The second-order valence-corrected chi connectivity index (χ2v) is 4.65. The highest BCUT2D eigenvalue weighted by Gasteiger charge is 2.06. The molecule has 0 atom stereocenters. The minimum atomic E-state index is 0.505. The number of nitrogens with zero attached hydrogens (tertiary/aromatic N) is 3. The lowest BCUT2D eigenvalue weighted by molar-refractivity contribution is 0.843. The summed E-state index contributed by atoms with van der Waals surface area (Å²) in [6, 6.07) is 5.99. The van der Waals surface area contributed by atoms with Gasteiger partial charge < -0.3 is 10.6 Å². The van der Waals surface area contributed by atoms with Crippen LogP contribution >= 0.6 is 11.3 Å². The first-order valence-electron chi connectivity index (χ1n) is 5.55. The minimum absolute atomic E-state index is 0.505. The number of aromatic nitrogens is 2. The van der Waals surface area contributed by atoms with Gasteiger partial charge in [-0.3, -0.25) is 4.98 Å². The number of pyridine rings is 1. The Kier molecular flexibility index (Phi) is 4.06. The quantitative estimate of drug-likeness (QED) is 0.874. The average Bonchev–Trinajstić information content (AvgIpc) is 2.86. The Bertz CT molecular complexity index is 455. The van der Waals surface area contributed by atoms with E-state index in [1.165, 1.54) is 0 Å². The highest BCUT2D eigenvalue weighted by molar-refractivity contribution is 7.13. The number of thiazole rings is 1. The maximum atomic E-state index is 5.54. The molecule has 17 heavy (non-hydrogen) atoms. The molecule has 5 heteroatoms. The molecular formula is C12H16N4S.